The highest BCUT2D eigenvalue weighted by Gasteiger charge is 2.12. The van der Waals surface area contributed by atoms with Crippen molar-refractivity contribution in [3.63, 3.8) is 0 Å². The third kappa shape index (κ3) is 3.74. The van der Waals surface area contributed by atoms with Crippen molar-refractivity contribution in [2.75, 3.05) is 5.32 Å². The van der Waals surface area contributed by atoms with Gasteiger partial charge in [-0.1, -0.05) is 41.3 Å². The Labute approximate surface area is 160 Å². The molecule has 4 rings (SSSR count). The summed E-state index contributed by atoms with van der Waals surface area (Å²) in [6, 6.07) is 12.0. The van der Waals surface area contributed by atoms with Crippen molar-refractivity contribution in [3.8, 4) is 0 Å². The van der Waals surface area contributed by atoms with Crippen LogP contribution in [0, 0.1) is 5.82 Å². The van der Waals surface area contributed by atoms with Gasteiger partial charge in [0, 0.05) is 11.3 Å². The van der Waals surface area contributed by atoms with Gasteiger partial charge >= 0.3 is 0 Å². The van der Waals surface area contributed by atoms with Crippen LogP contribution in [0.3, 0.4) is 0 Å². The molecule has 0 fully saturated rings. The van der Waals surface area contributed by atoms with Crippen LogP contribution in [0.2, 0.25) is 0 Å². The molecule has 2 aromatic carbocycles. The Morgan fingerprint density at radius 2 is 2.08 bits per heavy atom. The Morgan fingerprint density at radius 1 is 1.19 bits per heavy atom. The number of hydrogen-bond donors (Lipinski definition) is 1. The molecular weight excluding hydrogens is 391 g/mol. The van der Waals surface area contributed by atoms with Crippen LogP contribution in [0.15, 0.2) is 52.3 Å². The van der Waals surface area contributed by atoms with E-state index in [9.17, 15) is 9.18 Å². The van der Waals surface area contributed by atoms with E-state index in [2.05, 4.69) is 20.5 Å². The molecule has 5 nitrogen and oxygen atoms in total. The number of anilines is 1. The number of rotatable bonds is 5. The lowest BCUT2D eigenvalue weighted by Gasteiger charge is -2.01. The quantitative estimate of drug-likeness (QED) is 0.382. The zero-order chi connectivity index (χ0) is 17.9. The summed E-state index contributed by atoms with van der Waals surface area (Å²) in [4.78, 5) is 16.6. The van der Waals surface area contributed by atoms with Gasteiger partial charge in [-0.25, -0.2) is 9.37 Å². The Kier molecular flexibility index (Phi) is 4.91. The summed E-state index contributed by atoms with van der Waals surface area (Å²) in [5.41, 5.74) is 3.76. The monoisotopic (exact) mass is 402 g/mol. The van der Waals surface area contributed by atoms with Crippen molar-refractivity contribution in [1.29, 1.82) is 0 Å². The number of thioether (sulfide) groups is 1. The Bertz CT molecular complexity index is 1080. The predicted molar refractivity (Wildman–Crippen MR) is 103 cm³/mol. The summed E-state index contributed by atoms with van der Waals surface area (Å²) >= 11 is 4.13. The van der Waals surface area contributed by atoms with Gasteiger partial charge in [0.25, 0.3) is 5.91 Å². The molecule has 0 bridgehead atoms. The fourth-order valence-corrected chi connectivity index (χ4v) is 4.69. The molecule has 1 N–H and O–H groups in total. The van der Waals surface area contributed by atoms with Crippen LogP contribution < -0.4 is 5.32 Å². The minimum absolute atomic E-state index is 0.239. The molecule has 0 aliphatic heterocycles. The van der Waals surface area contributed by atoms with Gasteiger partial charge < -0.3 is 0 Å². The van der Waals surface area contributed by atoms with Crippen molar-refractivity contribution in [2.24, 2.45) is 0 Å². The molecule has 9 heteroatoms. The summed E-state index contributed by atoms with van der Waals surface area (Å²) in [5.74, 6) is -0.0318. The second-order valence-corrected chi connectivity index (χ2v) is 8.33. The number of aromatic nitrogens is 3. The average molecular weight is 403 g/mol. The van der Waals surface area contributed by atoms with E-state index in [-0.39, 0.29) is 11.7 Å². The number of thiazole rings is 1. The van der Waals surface area contributed by atoms with Crippen molar-refractivity contribution >= 4 is 55.7 Å². The van der Waals surface area contributed by atoms with Crippen molar-refractivity contribution in [2.45, 2.75) is 10.1 Å². The molecule has 26 heavy (non-hydrogen) atoms. The molecule has 4 aromatic rings. The van der Waals surface area contributed by atoms with Crippen LogP contribution in [-0.4, -0.2) is 21.1 Å². The summed E-state index contributed by atoms with van der Waals surface area (Å²) in [6.07, 6.45) is 0. The SMILES string of the molecule is O=C(Nc1nnc(SCc2ccccc2F)s1)c1ccc2ncsc2c1. The first-order valence-electron chi connectivity index (χ1n) is 7.53. The number of nitrogens with zero attached hydrogens (tertiary/aromatic N) is 3. The van der Waals surface area contributed by atoms with Gasteiger partial charge in [-0.3, -0.25) is 10.1 Å². The topological polar surface area (TPSA) is 67.8 Å². The second-order valence-electron chi connectivity index (χ2n) is 5.24. The van der Waals surface area contributed by atoms with E-state index < -0.39 is 0 Å². The van der Waals surface area contributed by atoms with E-state index in [0.29, 0.717) is 26.4 Å². The van der Waals surface area contributed by atoms with Gasteiger partial charge in [0.2, 0.25) is 5.13 Å². The molecule has 0 saturated heterocycles. The average Bonchev–Trinajstić information content (AvgIpc) is 3.29. The van der Waals surface area contributed by atoms with E-state index in [1.54, 1.807) is 35.8 Å². The fourth-order valence-electron chi connectivity index (χ4n) is 2.24. The van der Waals surface area contributed by atoms with Crippen molar-refractivity contribution in [3.05, 3.63) is 64.9 Å². The highest BCUT2D eigenvalue weighted by molar-refractivity contribution is 8.00. The summed E-state index contributed by atoms with van der Waals surface area (Å²) in [5, 5.41) is 11.2. The molecule has 0 radical (unpaired) electrons. The van der Waals surface area contributed by atoms with Crippen molar-refractivity contribution in [1.82, 2.24) is 15.2 Å². The summed E-state index contributed by atoms with van der Waals surface area (Å²) in [7, 11) is 0. The smallest absolute Gasteiger partial charge is 0.257 e. The first kappa shape index (κ1) is 17.1. The number of benzene rings is 2. The Hall–Kier alpha value is -2.36. The molecule has 2 heterocycles. The maximum Gasteiger partial charge on any atom is 0.257 e. The molecule has 0 aliphatic carbocycles. The summed E-state index contributed by atoms with van der Waals surface area (Å²) < 4.78 is 15.3. The first-order chi connectivity index (χ1) is 12.7. The van der Waals surface area contributed by atoms with Gasteiger partial charge in [-0.15, -0.1) is 21.5 Å². The number of nitrogens with one attached hydrogen (secondary N) is 1. The van der Waals surface area contributed by atoms with Gasteiger partial charge in [-0.2, -0.15) is 0 Å². The Balaban J connectivity index is 1.41. The molecule has 0 spiro atoms. The molecular formula is C17H11FN4OS3. The van der Waals surface area contributed by atoms with E-state index in [1.165, 1.54) is 40.5 Å². The van der Waals surface area contributed by atoms with E-state index in [1.807, 2.05) is 6.07 Å². The number of carbonyl (C=O) groups is 1. The first-order valence-corrected chi connectivity index (χ1v) is 10.2. The number of fused-ring (bicyclic) bond motifs is 1. The largest absolute Gasteiger partial charge is 0.296 e. The number of halogens is 1. The molecule has 0 aliphatic rings. The number of amides is 1. The highest BCUT2D eigenvalue weighted by Crippen LogP contribution is 2.29. The number of hydrogen-bond acceptors (Lipinski definition) is 7. The van der Waals surface area contributed by atoms with Crippen LogP contribution >= 0.6 is 34.4 Å². The van der Waals surface area contributed by atoms with Gasteiger partial charge in [0.05, 0.1) is 15.7 Å². The third-order valence-corrected chi connectivity index (χ3v) is 6.34. The molecule has 0 saturated carbocycles. The minimum Gasteiger partial charge on any atom is -0.296 e. The van der Waals surface area contributed by atoms with Crippen LogP contribution in [-0.2, 0) is 5.75 Å². The van der Waals surface area contributed by atoms with Crippen LogP contribution in [0.5, 0.6) is 0 Å². The zero-order valence-corrected chi connectivity index (χ0v) is 15.6. The summed E-state index contributed by atoms with van der Waals surface area (Å²) in [6.45, 7) is 0. The highest BCUT2D eigenvalue weighted by atomic mass is 32.2. The number of carbonyl (C=O) groups excluding carboxylic acids is 1. The second kappa shape index (κ2) is 7.48. The minimum atomic E-state index is -0.248. The maximum absolute atomic E-state index is 13.6. The zero-order valence-electron chi connectivity index (χ0n) is 13.2. The van der Waals surface area contributed by atoms with Crippen LogP contribution in [0.1, 0.15) is 15.9 Å². The predicted octanol–water partition coefficient (Wildman–Crippen LogP) is 4.83. The van der Waals surface area contributed by atoms with E-state index in [0.717, 1.165) is 10.2 Å². The standard InChI is InChI=1S/C17H11FN4OS3/c18-12-4-2-1-3-11(12)8-24-17-22-21-16(26-17)20-15(23)10-5-6-13-14(7-10)25-9-19-13/h1-7,9H,8H2,(H,20,21,23). The molecule has 0 atom stereocenters. The lowest BCUT2D eigenvalue weighted by Crippen LogP contribution is -2.11. The van der Waals surface area contributed by atoms with Crippen LogP contribution in [0.4, 0.5) is 9.52 Å². The maximum atomic E-state index is 13.6. The van der Waals surface area contributed by atoms with E-state index >= 15 is 0 Å². The van der Waals surface area contributed by atoms with Gasteiger partial charge in [0.15, 0.2) is 4.34 Å². The fraction of sp³-hybridized carbons (Fsp3) is 0.0588. The van der Waals surface area contributed by atoms with Gasteiger partial charge in [0.1, 0.15) is 5.82 Å². The molecule has 130 valence electrons. The lowest BCUT2D eigenvalue weighted by molar-refractivity contribution is 0.102. The third-order valence-electron chi connectivity index (χ3n) is 3.53. The van der Waals surface area contributed by atoms with Crippen molar-refractivity contribution < 1.29 is 9.18 Å². The van der Waals surface area contributed by atoms with E-state index in [4.69, 9.17) is 0 Å². The molecule has 0 unspecified atom stereocenters. The van der Waals surface area contributed by atoms with Crippen LogP contribution in [0.25, 0.3) is 10.2 Å². The normalized spacial score (nSPS) is 11.0. The lowest BCUT2D eigenvalue weighted by atomic mass is 10.2. The van der Waals surface area contributed by atoms with Gasteiger partial charge in [-0.05, 0) is 29.8 Å². The molecule has 2 aromatic heterocycles. The molecule has 1 amide bonds. The Morgan fingerprint density at radius 3 is 2.96 bits per heavy atom.